The molecule has 0 heterocycles. The van der Waals surface area contributed by atoms with Gasteiger partial charge in [-0.05, 0) is 42.5 Å². The van der Waals surface area contributed by atoms with Crippen molar-refractivity contribution in [1.29, 1.82) is 0 Å². The van der Waals surface area contributed by atoms with Crippen molar-refractivity contribution >= 4 is 33.2 Å². The minimum atomic E-state index is -4.89. The summed E-state index contributed by atoms with van der Waals surface area (Å²) in [5.74, 6) is -1.36. The van der Waals surface area contributed by atoms with E-state index in [-0.39, 0.29) is 34.3 Å². The van der Waals surface area contributed by atoms with Gasteiger partial charge in [0, 0.05) is 18.0 Å². The molecule has 2 aromatic carbocycles. The van der Waals surface area contributed by atoms with E-state index in [9.17, 15) is 31.5 Å². The van der Waals surface area contributed by atoms with Gasteiger partial charge in [-0.2, -0.15) is 0 Å². The third-order valence-corrected chi connectivity index (χ3v) is 4.96. The number of carbonyl (C=O) groups is 1. The molecule has 0 saturated heterocycles. The lowest BCUT2D eigenvalue weighted by atomic mass is 10.3. The van der Waals surface area contributed by atoms with Crippen LogP contribution in [0.1, 0.15) is 6.42 Å². The largest absolute Gasteiger partial charge is 0.573 e. The Hall–Kier alpha value is -2.50. The molecule has 1 amide bonds. The molecule has 2 aromatic rings. The van der Waals surface area contributed by atoms with Crippen molar-refractivity contribution < 1.29 is 36.2 Å². The van der Waals surface area contributed by atoms with Crippen molar-refractivity contribution in [3.63, 3.8) is 0 Å². The molecular weight excluding hydrogens is 425 g/mol. The van der Waals surface area contributed by atoms with Gasteiger partial charge in [0.05, 0.1) is 10.6 Å². The Morgan fingerprint density at radius 2 is 1.79 bits per heavy atom. The third kappa shape index (κ3) is 6.59. The summed E-state index contributed by atoms with van der Waals surface area (Å²) in [5.41, 5.74) is 0.0700. The third-order valence-electron chi connectivity index (χ3n) is 3.24. The molecule has 3 N–H and O–H groups in total. The number of benzene rings is 2. The van der Waals surface area contributed by atoms with Crippen LogP contribution in [0, 0.1) is 0 Å². The van der Waals surface area contributed by atoms with Gasteiger partial charge in [0.15, 0.2) is 0 Å². The number of anilines is 1. The van der Waals surface area contributed by atoms with Crippen LogP contribution in [-0.4, -0.2) is 32.3 Å². The zero-order valence-corrected chi connectivity index (χ0v) is 15.5. The SMILES string of the molecule is O=C(CCNS(=O)(=O)c1ccc(OC(F)(F)F)cc1)Nc1cc(Cl)ccc1O. The molecule has 0 unspecified atom stereocenters. The lowest BCUT2D eigenvalue weighted by Gasteiger charge is -2.10. The summed E-state index contributed by atoms with van der Waals surface area (Å²) in [5, 5.41) is 12.3. The van der Waals surface area contributed by atoms with Crippen LogP contribution in [0.25, 0.3) is 0 Å². The molecule has 152 valence electrons. The van der Waals surface area contributed by atoms with Gasteiger partial charge in [-0.25, -0.2) is 13.1 Å². The Morgan fingerprint density at radius 3 is 2.39 bits per heavy atom. The normalized spacial score (nSPS) is 11.9. The number of amides is 1. The van der Waals surface area contributed by atoms with E-state index >= 15 is 0 Å². The zero-order chi connectivity index (χ0) is 20.9. The summed E-state index contributed by atoms with van der Waals surface area (Å²) in [4.78, 5) is 11.6. The highest BCUT2D eigenvalue weighted by Gasteiger charge is 2.31. The van der Waals surface area contributed by atoms with Gasteiger partial charge in [-0.1, -0.05) is 11.6 Å². The number of halogens is 4. The van der Waals surface area contributed by atoms with Gasteiger partial charge < -0.3 is 15.2 Å². The number of alkyl halides is 3. The van der Waals surface area contributed by atoms with Gasteiger partial charge in [-0.3, -0.25) is 4.79 Å². The summed E-state index contributed by atoms with van der Waals surface area (Å²) in [7, 11) is -4.04. The van der Waals surface area contributed by atoms with E-state index in [4.69, 9.17) is 11.6 Å². The maximum atomic E-state index is 12.1. The summed E-state index contributed by atoms with van der Waals surface area (Å²) in [6, 6.07) is 7.62. The predicted octanol–water partition coefficient (Wildman–Crippen LogP) is 3.25. The molecule has 0 spiro atoms. The van der Waals surface area contributed by atoms with Gasteiger partial charge in [-0.15, -0.1) is 13.2 Å². The second kappa shape index (κ2) is 8.67. The Morgan fingerprint density at radius 1 is 1.14 bits per heavy atom. The molecule has 0 aromatic heterocycles. The number of hydrogen-bond acceptors (Lipinski definition) is 5. The van der Waals surface area contributed by atoms with Crippen LogP contribution < -0.4 is 14.8 Å². The fourth-order valence-electron chi connectivity index (χ4n) is 2.02. The standard InChI is InChI=1S/C16H14ClF3N2O5S/c17-10-1-6-14(23)13(9-10)22-15(24)7-8-21-28(25,26)12-4-2-11(3-5-12)27-16(18,19)20/h1-6,9,21,23H,7-8H2,(H,22,24). The maximum Gasteiger partial charge on any atom is 0.573 e. The zero-order valence-electron chi connectivity index (χ0n) is 14.0. The molecule has 0 atom stereocenters. The monoisotopic (exact) mass is 438 g/mol. The summed E-state index contributed by atoms with van der Waals surface area (Å²) >= 11 is 5.75. The van der Waals surface area contributed by atoms with Crippen LogP contribution in [0.4, 0.5) is 18.9 Å². The summed E-state index contributed by atoms with van der Waals surface area (Å²) in [6.07, 6.45) is -5.15. The number of aromatic hydroxyl groups is 1. The molecular formula is C16H14ClF3N2O5S. The van der Waals surface area contributed by atoms with Crippen LogP contribution in [0.2, 0.25) is 5.02 Å². The number of sulfonamides is 1. The maximum absolute atomic E-state index is 12.1. The minimum absolute atomic E-state index is 0.0700. The molecule has 0 saturated carbocycles. The fraction of sp³-hybridized carbons (Fsp3) is 0.188. The van der Waals surface area contributed by atoms with Crippen molar-refractivity contribution in [2.45, 2.75) is 17.7 Å². The fourth-order valence-corrected chi connectivity index (χ4v) is 3.23. The Kier molecular flexibility index (Phi) is 6.75. The molecule has 28 heavy (non-hydrogen) atoms. The average molecular weight is 439 g/mol. The van der Waals surface area contributed by atoms with Gasteiger partial charge >= 0.3 is 6.36 Å². The first kappa shape index (κ1) is 21.8. The van der Waals surface area contributed by atoms with Gasteiger partial charge in [0.1, 0.15) is 11.5 Å². The molecule has 0 aliphatic heterocycles. The number of phenolic OH excluding ortho intramolecular Hbond substituents is 1. The number of carbonyl (C=O) groups excluding carboxylic acids is 1. The average Bonchev–Trinajstić information content (AvgIpc) is 2.57. The lowest BCUT2D eigenvalue weighted by Crippen LogP contribution is -2.27. The molecule has 12 heteroatoms. The minimum Gasteiger partial charge on any atom is -0.506 e. The van der Waals surface area contributed by atoms with E-state index in [1.165, 1.54) is 18.2 Å². The Bertz CT molecular complexity index is 950. The first-order valence-electron chi connectivity index (χ1n) is 7.60. The quantitative estimate of drug-likeness (QED) is 0.575. The van der Waals surface area contributed by atoms with Gasteiger partial charge in [0.2, 0.25) is 15.9 Å². The van der Waals surface area contributed by atoms with Crippen LogP contribution in [0.5, 0.6) is 11.5 Å². The van der Waals surface area contributed by atoms with E-state index in [1.807, 2.05) is 0 Å². The summed E-state index contributed by atoms with van der Waals surface area (Å²) in [6.45, 7) is -0.281. The van der Waals surface area contributed by atoms with Crippen molar-refractivity contribution in [1.82, 2.24) is 4.72 Å². The van der Waals surface area contributed by atoms with Crippen molar-refractivity contribution in [3.8, 4) is 11.5 Å². The Labute approximate surface area is 163 Å². The first-order valence-corrected chi connectivity index (χ1v) is 9.46. The van der Waals surface area contributed by atoms with Crippen LogP contribution in [-0.2, 0) is 14.8 Å². The number of rotatable bonds is 7. The van der Waals surface area contributed by atoms with Crippen molar-refractivity contribution in [3.05, 3.63) is 47.5 Å². The second-order valence-corrected chi connectivity index (χ2v) is 7.58. The molecule has 7 nitrogen and oxygen atoms in total. The Balaban J connectivity index is 1.90. The molecule has 0 radical (unpaired) electrons. The lowest BCUT2D eigenvalue weighted by molar-refractivity contribution is -0.274. The van der Waals surface area contributed by atoms with E-state index in [0.29, 0.717) is 0 Å². The molecule has 0 aliphatic carbocycles. The van der Waals surface area contributed by atoms with Gasteiger partial charge in [0.25, 0.3) is 0 Å². The van der Waals surface area contributed by atoms with E-state index in [0.717, 1.165) is 24.3 Å². The second-order valence-electron chi connectivity index (χ2n) is 5.38. The summed E-state index contributed by atoms with van der Waals surface area (Å²) < 4.78 is 66.3. The van der Waals surface area contributed by atoms with E-state index in [1.54, 1.807) is 0 Å². The predicted molar refractivity (Wildman–Crippen MR) is 94.7 cm³/mol. The van der Waals surface area contributed by atoms with Crippen molar-refractivity contribution in [2.75, 3.05) is 11.9 Å². The molecule has 0 fully saturated rings. The molecule has 0 aliphatic rings. The number of hydrogen-bond donors (Lipinski definition) is 3. The topological polar surface area (TPSA) is 105 Å². The number of ether oxygens (including phenoxy) is 1. The van der Waals surface area contributed by atoms with Crippen molar-refractivity contribution in [2.24, 2.45) is 0 Å². The van der Waals surface area contributed by atoms with E-state index < -0.39 is 28.0 Å². The first-order chi connectivity index (χ1) is 13.0. The van der Waals surface area contributed by atoms with Crippen LogP contribution in [0.15, 0.2) is 47.4 Å². The smallest absolute Gasteiger partial charge is 0.506 e. The highest BCUT2D eigenvalue weighted by Crippen LogP contribution is 2.26. The van der Waals surface area contributed by atoms with Crippen LogP contribution >= 0.6 is 11.6 Å². The molecule has 2 rings (SSSR count). The number of phenols is 1. The number of nitrogens with one attached hydrogen (secondary N) is 2. The highest BCUT2D eigenvalue weighted by atomic mass is 35.5. The van der Waals surface area contributed by atoms with E-state index in [2.05, 4.69) is 14.8 Å². The highest BCUT2D eigenvalue weighted by molar-refractivity contribution is 7.89. The molecule has 0 bridgehead atoms. The van der Waals surface area contributed by atoms with Crippen LogP contribution in [0.3, 0.4) is 0 Å².